The Bertz CT molecular complexity index is 1460. The maximum absolute atomic E-state index is 12.5. The number of esters is 1. The Hall–Kier alpha value is -2.49. The van der Waals surface area contributed by atoms with E-state index >= 15 is 0 Å². The van der Waals surface area contributed by atoms with Gasteiger partial charge < -0.3 is 9.47 Å². The summed E-state index contributed by atoms with van der Waals surface area (Å²) in [7, 11) is 0. The molecule has 0 aliphatic carbocycles. The number of hydrogen-bond donors (Lipinski definition) is 0. The van der Waals surface area contributed by atoms with Gasteiger partial charge >= 0.3 is 5.97 Å². The lowest BCUT2D eigenvalue weighted by Crippen LogP contribution is -2.05. The predicted molar refractivity (Wildman–Crippen MR) is 150 cm³/mol. The minimum atomic E-state index is -0.477. The quantitative estimate of drug-likeness (QED) is 0.122. The predicted octanol–water partition coefficient (Wildman–Crippen LogP) is 7.89. The molecular formula is C27H16Br2INO3. The second-order valence-electron chi connectivity index (χ2n) is 7.63. The first kappa shape index (κ1) is 23.3. The van der Waals surface area contributed by atoms with E-state index in [4.69, 9.17) is 9.47 Å². The van der Waals surface area contributed by atoms with Crippen molar-refractivity contribution in [3.63, 3.8) is 0 Å². The van der Waals surface area contributed by atoms with E-state index in [0.717, 1.165) is 36.4 Å². The van der Waals surface area contributed by atoms with Gasteiger partial charge in [0.2, 0.25) is 5.90 Å². The van der Waals surface area contributed by atoms with Crippen molar-refractivity contribution in [2.45, 2.75) is 6.61 Å². The Morgan fingerprint density at radius 1 is 0.912 bits per heavy atom. The molecule has 0 saturated heterocycles. The maximum atomic E-state index is 12.5. The zero-order valence-corrected chi connectivity index (χ0v) is 22.9. The molecule has 7 heteroatoms. The van der Waals surface area contributed by atoms with Crippen LogP contribution >= 0.6 is 54.5 Å². The summed E-state index contributed by atoms with van der Waals surface area (Å²) in [4.78, 5) is 16.9. The molecule has 0 radical (unpaired) electrons. The standard InChI is InChI=1S/C27H16Br2INO3/c28-22-11-17(12-23(29)25(22)33-15-16-5-9-21(30)10-6-16)13-24-27(32)34-26(31-24)20-8-7-18-3-1-2-4-19(18)14-20/h1-14H,15H2/b24-13-. The summed E-state index contributed by atoms with van der Waals surface area (Å²) in [5.41, 5.74) is 2.87. The number of fused-ring (bicyclic) bond motifs is 1. The van der Waals surface area contributed by atoms with Crippen LogP contribution in [-0.2, 0) is 16.1 Å². The van der Waals surface area contributed by atoms with Gasteiger partial charge in [0.15, 0.2) is 5.70 Å². The molecular weight excluding hydrogens is 673 g/mol. The van der Waals surface area contributed by atoms with Crippen LogP contribution in [0.2, 0.25) is 0 Å². The number of cyclic esters (lactones) is 1. The number of ether oxygens (including phenoxy) is 2. The highest BCUT2D eigenvalue weighted by molar-refractivity contribution is 14.1. The second kappa shape index (κ2) is 10.0. The zero-order chi connectivity index (χ0) is 23.7. The van der Waals surface area contributed by atoms with Gasteiger partial charge in [-0.1, -0.05) is 42.5 Å². The molecule has 4 aromatic carbocycles. The number of nitrogens with zero attached hydrogens (tertiary/aromatic N) is 1. The summed E-state index contributed by atoms with van der Waals surface area (Å²) in [6.45, 7) is 0.445. The van der Waals surface area contributed by atoms with Gasteiger partial charge in [-0.3, -0.25) is 0 Å². The van der Waals surface area contributed by atoms with Gasteiger partial charge in [0.1, 0.15) is 12.4 Å². The molecule has 0 unspecified atom stereocenters. The third-order valence-electron chi connectivity index (χ3n) is 5.24. The van der Waals surface area contributed by atoms with Crippen LogP contribution in [0.15, 0.2) is 98.5 Å². The number of halogens is 3. The van der Waals surface area contributed by atoms with Crippen molar-refractivity contribution >= 4 is 83.2 Å². The average Bonchev–Trinajstić information content (AvgIpc) is 3.19. The zero-order valence-electron chi connectivity index (χ0n) is 17.6. The first-order chi connectivity index (χ1) is 16.5. The molecule has 0 amide bonds. The number of benzene rings is 4. The van der Waals surface area contributed by atoms with Crippen molar-refractivity contribution in [1.82, 2.24) is 0 Å². The summed E-state index contributed by atoms with van der Waals surface area (Å²) in [6, 6.07) is 25.8. The van der Waals surface area contributed by atoms with Gasteiger partial charge in [-0.25, -0.2) is 9.79 Å². The number of carbonyl (C=O) groups is 1. The van der Waals surface area contributed by atoms with E-state index < -0.39 is 5.97 Å². The maximum Gasteiger partial charge on any atom is 0.363 e. The molecule has 1 aliphatic heterocycles. The average molecular weight is 689 g/mol. The molecule has 0 bridgehead atoms. The first-order valence-electron chi connectivity index (χ1n) is 10.3. The number of aliphatic imine (C=N–C) groups is 1. The summed E-state index contributed by atoms with van der Waals surface area (Å²) < 4.78 is 14.2. The van der Waals surface area contributed by atoms with Crippen LogP contribution < -0.4 is 4.74 Å². The van der Waals surface area contributed by atoms with Crippen LogP contribution in [0.5, 0.6) is 5.75 Å². The third-order valence-corrected chi connectivity index (χ3v) is 7.13. The molecule has 0 N–H and O–H groups in total. The molecule has 34 heavy (non-hydrogen) atoms. The van der Waals surface area contributed by atoms with E-state index in [1.807, 2.05) is 78.9 Å². The Labute approximate surface area is 227 Å². The molecule has 0 spiro atoms. The van der Waals surface area contributed by atoms with E-state index in [-0.39, 0.29) is 5.70 Å². The van der Waals surface area contributed by atoms with Crippen LogP contribution in [0.25, 0.3) is 16.8 Å². The largest absolute Gasteiger partial charge is 0.487 e. The smallest absolute Gasteiger partial charge is 0.363 e. The number of rotatable bonds is 5. The highest BCUT2D eigenvalue weighted by Gasteiger charge is 2.24. The summed E-state index contributed by atoms with van der Waals surface area (Å²) in [6.07, 6.45) is 1.70. The molecule has 168 valence electrons. The molecule has 1 aliphatic rings. The lowest BCUT2D eigenvalue weighted by atomic mass is 10.1. The van der Waals surface area contributed by atoms with Gasteiger partial charge in [0, 0.05) is 9.13 Å². The van der Waals surface area contributed by atoms with Gasteiger partial charge in [0.25, 0.3) is 0 Å². The van der Waals surface area contributed by atoms with Crippen molar-refractivity contribution in [3.05, 3.63) is 114 Å². The van der Waals surface area contributed by atoms with E-state index in [9.17, 15) is 4.79 Å². The lowest BCUT2D eigenvalue weighted by molar-refractivity contribution is -0.129. The molecule has 1 heterocycles. The van der Waals surface area contributed by atoms with E-state index in [0.29, 0.717) is 18.3 Å². The van der Waals surface area contributed by atoms with Crippen molar-refractivity contribution < 1.29 is 14.3 Å². The van der Waals surface area contributed by atoms with Crippen LogP contribution in [0.1, 0.15) is 16.7 Å². The first-order valence-corrected chi connectivity index (χ1v) is 13.0. The van der Waals surface area contributed by atoms with Gasteiger partial charge in [-0.05, 0) is 119 Å². The van der Waals surface area contributed by atoms with Gasteiger partial charge in [0.05, 0.1) is 8.95 Å². The topological polar surface area (TPSA) is 47.9 Å². The Morgan fingerprint density at radius 3 is 2.35 bits per heavy atom. The monoisotopic (exact) mass is 687 g/mol. The molecule has 4 nitrogen and oxygen atoms in total. The summed E-state index contributed by atoms with van der Waals surface area (Å²) in [5.74, 6) is 0.516. The van der Waals surface area contributed by atoms with Crippen LogP contribution in [0, 0.1) is 3.57 Å². The minimum absolute atomic E-state index is 0.245. The van der Waals surface area contributed by atoms with E-state index in [2.05, 4.69) is 59.4 Å². The van der Waals surface area contributed by atoms with Crippen LogP contribution in [0.4, 0.5) is 0 Å². The third kappa shape index (κ3) is 5.11. The lowest BCUT2D eigenvalue weighted by Gasteiger charge is -2.11. The molecule has 4 aromatic rings. The molecule has 0 fully saturated rings. The van der Waals surface area contributed by atoms with Gasteiger partial charge in [-0.15, -0.1) is 0 Å². The van der Waals surface area contributed by atoms with Crippen LogP contribution in [-0.4, -0.2) is 11.9 Å². The van der Waals surface area contributed by atoms with Crippen molar-refractivity contribution in [2.24, 2.45) is 4.99 Å². The Kier molecular flexibility index (Phi) is 6.85. The number of carbonyl (C=O) groups excluding carboxylic acids is 1. The minimum Gasteiger partial charge on any atom is -0.487 e. The molecule has 0 saturated carbocycles. The molecule has 5 rings (SSSR count). The van der Waals surface area contributed by atoms with E-state index in [1.54, 1.807) is 6.08 Å². The fraction of sp³-hybridized carbons (Fsp3) is 0.0370. The van der Waals surface area contributed by atoms with Crippen molar-refractivity contribution in [3.8, 4) is 5.75 Å². The fourth-order valence-corrected chi connectivity index (χ4v) is 5.36. The second-order valence-corrected chi connectivity index (χ2v) is 10.6. The normalized spacial score (nSPS) is 14.4. The summed E-state index contributed by atoms with van der Waals surface area (Å²) in [5, 5.41) is 2.18. The highest BCUT2D eigenvalue weighted by atomic mass is 127. The van der Waals surface area contributed by atoms with Gasteiger partial charge in [-0.2, -0.15) is 0 Å². The highest BCUT2D eigenvalue weighted by Crippen LogP contribution is 2.36. The molecule has 0 atom stereocenters. The number of hydrogen-bond acceptors (Lipinski definition) is 4. The summed E-state index contributed by atoms with van der Waals surface area (Å²) >= 11 is 9.44. The molecule has 0 aromatic heterocycles. The SMILES string of the molecule is O=C1OC(c2ccc3ccccc3c2)=N/C1=C\c1cc(Br)c(OCc2ccc(I)cc2)c(Br)c1. The van der Waals surface area contributed by atoms with Crippen molar-refractivity contribution in [2.75, 3.05) is 0 Å². The fourth-order valence-electron chi connectivity index (χ4n) is 3.55. The Morgan fingerprint density at radius 2 is 1.62 bits per heavy atom. The van der Waals surface area contributed by atoms with Crippen LogP contribution in [0.3, 0.4) is 0 Å². The van der Waals surface area contributed by atoms with E-state index in [1.165, 1.54) is 3.57 Å². The Balaban J connectivity index is 1.38. The van der Waals surface area contributed by atoms with Crippen molar-refractivity contribution in [1.29, 1.82) is 0 Å².